The number of nitrogens with one attached hydrogen (secondary N) is 1. The highest BCUT2D eigenvalue weighted by molar-refractivity contribution is 6.43. The Morgan fingerprint density at radius 1 is 1.35 bits per heavy atom. The molecule has 1 aromatic rings. The highest BCUT2D eigenvalue weighted by atomic mass is 16.4. The molecular weight excluding hydrogens is 219 g/mol. The SMILES string of the molecule is NCCC[C@H](NC(=O)c1ccccc1)B(O)O. The van der Waals surface area contributed by atoms with E-state index in [1.54, 1.807) is 24.3 Å². The van der Waals surface area contributed by atoms with Crippen LogP contribution in [0.4, 0.5) is 0 Å². The molecule has 0 radical (unpaired) electrons. The van der Waals surface area contributed by atoms with Crippen LogP contribution in [0.5, 0.6) is 0 Å². The molecule has 5 nitrogen and oxygen atoms in total. The molecule has 6 heteroatoms. The second kappa shape index (κ2) is 7.06. The van der Waals surface area contributed by atoms with Gasteiger partial charge in [-0.15, -0.1) is 0 Å². The molecule has 0 aliphatic carbocycles. The molecule has 0 fully saturated rings. The van der Waals surface area contributed by atoms with Crippen molar-refractivity contribution in [2.24, 2.45) is 5.73 Å². The summed E-state index contributed by atoms with van der Waals surface area (Å²) < 4.78 is 0. The van der Waals surface area contributed by atoms with Crippen LogP contribution >= 0.6 is 0 Å². The Hall–Kier alpha value is -1.37. The molecule has 0 saturated heterocycles. The predicted molar refractivity (Wildman–Crippen MR) is 66.2 cm³/mol. The first-order valence-corrected chi connectivity index (χ1v) is 5.57. The fraction of sp³-hybridized carbons (Fsp3) is 0.364. The van der Waals surface area contributed by atoms with Gasteiger partial charge in [-0.05, 0) is 31.5 Å². The molecule has 17 heavy (non-hydrogen) atoms. The maximum atomic E-state index is 11.8. The number of nitrogens with two attached hydrogens (primary N) is 1. The minimum atomic E-state index is -1.57. The van der Waals surface area contributed by atoms with E-state index in [-0.39, 0.29) is 5.91 Å². The maximum Gasteiger partial charge on any atom is 0.475 e. The minimum absolute atomic E-state index is 0.319. The molecule has 5 N–H and O–H groups in total. The Morgan fingerprint density at radius 3 is 2.53 bits per heavy atom. The summed E-state index contributed by atoms with van der Waals surface area (Å²) in [5.74, 6) is -1.01. The van der Waals surface area contributed by atoms with Gasteiger partial charge in [0.15, 0.2) is 0 Å². The summed E-state index contributed by atoms with van der Waals surface area (Å²) in [5, 5.41) is 20.8. The fourth-order valence-corrected chi connectivity index (χ4v) is 1.47. The highest BCUT2D eigenvalue weighted by Gasteiger charge is 2.24. The Morgan fingerprint density at radius 2 is 2.00 bits per heavy atom. The van der Waals surface area contributed by atoms with Crippen molar-refractivity contribution >= 4 is 13.0 Å². The third-order valence-corrected chi connectivity index (χ3v) is 2.43. The van der Waals surface area contributed by atoms with E-state index in [2.05, 4.69) is 5.32 Å². The summed E-state index contributed by atoms with van der Waals surface area (Å²) in [6, 6.07) is 8.64. The molecule has 0 unspecified atom stereocenters. The summed E-state index contributed by atoms with van der Waals surface area (Å²) in [6.07, 6.45) is 1.06. The topological polar surface area (TPSA) is 95.6 Å². The third kappa shape index (κ3) is 4.56. The first-order valence-electron chi connectivity index (χ1n) is 5.57. The second-order valence-electron chi connectivity index (χ2n) is 3.79. The van der Waals surface area contributed by atoms with E-state index >= 15 is 0 Å². The van der Waals surface area contributed by atoms with Crippen LogP contribution in [0, 0.1) is 0 Å². The molecule has 0 bridgehead atoms. The quantitative estimate of drug-likeness (QED) is 0.502. The van der Waals surface area contributed by atoms with Gasteiger partial charge in [0.05, 0.1) is 5.94 Å². The van der Waals surface area contributed by atoms with E-state index < -0.39 is 13.1 Å². The first kappa shape index (κ1) is 13.7. The van der Waals surface area contributed by atoms with Crippen molar-refractivity contribution in [3.05, 3.63) is 35.9 Å². The Bertz CT molecular complexity index is 346. The maximum absolute atomic E-state index is 11.8. The van der Waals surface area contributed by atoms with Gasteiger partial charge in [-0.2, -0.15) is 0 Å². The Labute approximate surface area is 101 Å². The lowest BCUT2D eigenvalue weighted by Gasteiger charge is -2.17. The van der Waals surface area contributed by atoms with E-state index in [4.69, 9.17) is 15.8 Å². The summed E-state index contributed by atoms with van der Waals surface area (Å²) in [6.45, 7) is 0.449. The van der Waals surface area contributed by atoms with Crippen LogP contribution in [0.25, 0.3) is 0 Å². The Kier molecular flexibility index (Phi) is 5.69. The summed E-state index contributed by atoms with van der Waals surface area (Å²) in [7, 11) is -1.57. The number of carbonyl (C=O) groups excluding carboxylic acids is 1. The third-order valence-electron chi connectivity index (χ3n) is 2.43. The number of carbonyl (C=O) groups is 1. The van der Waals surface area contributed by atoms with Crippen molar-refractivity contribution in [2.45, 2.75) is 18.8 Å². The van der Waals surface area contributed by atoms with E-state index in [1.165, 1.54) is 0 Å². The largest absolute Gasteiger partial charge is 0.475 e. The lowest BCUT2D eigenvalue weighted by atomic mass is 9.76. The summed E-state index contributed by atoms with van der Waals surface area (Å²) >= 11 is 0. The zero-order valence-corrected chi connectivity index (χ0v) is 9.54. The molecule has 0 aliphatic heterocycles. The predicted octanol–water partition coefficient (Wildman–Crippen LogP) is -0.464. The first-order chi connectivity index (χ1) is 8.15. The van der Waals surface area contributed by atoms with Crippen molar-refractivity contribution in [3.63, 3.8) is 0 Å². The van der Waals surface area contributed by atoms with Gasteiger partial charge in [0.25, 0.3) is 5.91 Å². The van der Waals surface area contributed by atoms with Gasteiger partial charge in [-0.3, -0.25) is 4.79 Å². The fourth-order valence-electron chi connectivity index (χ4n) is 1.47. The van der Waals surface area contributed by atoms with Crippen LogP contribution in [-0.2, 0) is 0 Å². The lowest BCUT2D eigenvalue weighted by Crippen LogP contribution is -2.46. The van der Waals surface area contributed by atoms with E-state index in [0.29, 0.717) is 24.9 Å². The number of hydrogen-bond acceptors (Lipinski definition) is 4. The van der Waals surface area contributed by atoms with Gasteiger partial charge in [0.2, 0.25) is 0 Å². The molecule has 92 valence electrons. The summed E-state index contributed by atoms with van der Waals surface area (Å²) in [5.41, 5.74) is 5.83. The average molecular weight is 236 g/mol. The van der Waals surface area contributed by atoms with E-state index in [9.17, 15) is 4.79 Å². The molecule has 1 amide bonds. The zero-order valence-electron chi connectivity index (χ0n) is 9.54. The molecule has 1 atom stereocenters. The van der Waals surface area contributed by atoms with Crippen LogP contribution in [-0.4, -0.2) is 35.6 Å². The number of amides is 1. The minimum Gasteiger partial charge on any atom is -0.426 e. The molecule has 0 heterocycles. The van der Waals surface area contributed by atoms with E-state index in [0.717, 1.165) is 0 Å². The summed E-state index contributed by atoms with van der Waals surface area (Å²) in [4.78, 5) is 11.8. The van der Waals surface area contributed by atoms with Gasteiger partial charge in [-0.1, -0.05) is 18.2 Å². The normalized spacial score (nSPS) is 11.9. The monoisotopic (exact) mass is 236 g/mol. The van der Waals surface area contributed by atoms with Crippen molar-refractivity contribution in [3.8, 4) is 0 Å². The molecule has 0 spiro atoms. The van der Waals surface area contributed by atoms with Crippen molar-refractivity contribution in [1.82, 2.24) is 5.32 Å². The van der Waals surface area contributed by atoms with Crippen LogP contribution < -0.4 is 11.1 Å². The van der Waals surface area contributed by atoms with Crippen molar-refractivity contribution in [2.75, 3.05) is 6.54 Å². The van der Waals surface area contributed by atoms with Crippen molar-refractivity contribution < 1.29 is 14.8 Å². The number of rotatable bonds is 6. The van der Waals surface area contributed by atoms with Gasteiger partial charge in [-0.25, -0.2) is 0 Å². The van der Waals surface area contributed by atoms with Crippen LogP contribution in [0.1, 0.15) is 23.2 Å². The molecule has 0 saturated carbocycles. The number of benzene rings is 1. The van der Waals surface area contributed by atoms with Gasteiger partial charge in [0, 0.05) is 5.56 Å². The van der Waals surface area contributed by atoms with Crippen molar-refractivity contribution in [1.29, 1.82) is 0 Å². The highest BCUT2D eigenvalue weighted by Crippen LogP contribution is 2.02. The lowest BCUT2D eigenvalue weighted by molar-refractivity contribution is 0.0940. The van der Waals surface area contributed by atoms with Gasteiger partial charge < -0.3 is 21.1 Å². The Balaban J connectivity index is 2.58. The average Bonchev–Trinajstić information content (AvgIpc) is 2.35. The molecule has 1 rings (SSSR count). The molecule has 1 aromatic carbocycles. The second-order valence-corrected chi connectivity index (χ2v) is 3.79. The zero-order chi connectivity index (χ0) is 12.7. The molecule has 0 aliphatic rings. The standard InChI is InChI=1S/C11H17BN2O3/c13-8-4-7-10(12(16)17)14-11(15)9-5-2-1-3-6-9/h1-3,5-6,10,16-17H,4,7-8,13H2,(H,14,15)/t10-/m0/s1. The van der Waals surface area contributed by atoms with Gasteiger partial charge in [0.1, 0.15) is 0 Å². The van der Waals surface area contributed by atoms with Gasteiger partial charge >= 0.3 is 7.12 Å². The van der Waals surface area contributed by atoms with E-state index in [1.807, 2.05) is 6.07 Å². The van der Waals surface area contributed by atoms with Crippen LogP contribution in [0.2, 0.25) is 0 Å². The van der Waals surface area contributed by atoms with Crippen LogP contribution in [0.15, 0.2) is 30.3 Å². The molecular formula is C11H17BN2O3. The molecule has 0 aromatic heterocycles. The smallest absolute Gasteiger partial charge is 0.426 e. The van der Waals surface area contributed by atoms with Crippen LogP contribution in [0.3, 0.4) is 0 Å². The number of hydrogen-bond donors (Lipinski definition) is 4.